The molecule has 2 aromatic carbocycles. The average Bonchev–Trinajstić information content (AvgIpc) is 3.18. The number of hydrogen-bond donors (Lipinski definition) is 0. The van der Waals surface area contributed by atoms with E-state index in [9.17, 15) is 13.2 Å². The summed E-state index contributed by atoms with van der Waals surface area (Å²) in [4.78, 5) is 17.1. The second-order valence-electron chi connectivity index (χ2n) is 8.07. The summed E-state index contributed by atoms with van der Waals surface area (Å²) in [5.41, 5.74) is 1.47. The van der Waals surface area contributed by atoms with Gasteiger partial charge in [-0.15, -0.1) is 0 Å². The molecule has 0 bridgehead atoms. The Morgan fingerprint density at radius 1 is 1.09 bits per heavy atom. The maximum atomic E-state index is 13.1. The summed E-state index contributed by atoms with van der Waals surface area (Å²) in [6.07, 6.45) is -0.411. The summed E-state index contributed by atoms with van der Waals surface area (Å²) in [5.74, 6) is 0.356. The molecule has 0 spiro atoms. The van der Waals surface area contributed by atoms with Gasteiger partial charge >= 0.3 is 5.97 Å². The molecule has 0 amide bonds. The van der Waals surface area contributed by atoms with E-state index in [-0.39, 0.29) is 42.4 Å². The number of nitrogens with zero attached hydrogens (tertiary/aromatic N) is 2. The van der Waals surface area contributed by atoms with E-state index in [1.807, 2.05) is 44.2 Å². The third kappa shape index (κ3) is 5.16. The van der Waals surface area contributed by atoms with Crippen molar-refractivity contribution in [3.63, 3.8) is 0 Å². The number of hydrogen-bond acceptors (Lipinski definition) is 7. The Kier molecular flexibility index (Phi) is 6.64. The monoisotopic (exact) mass is 470 g/mol. The van der Waals surface area contributed by atoms with Crippen LogP contribution in [0.15, 0.2) is 63.9 Å². The number of esters is 1. The first-order valence-electron chi connectivity index (χ1n) is 10.7. The van der Waals surface area contributed by atoms with E-state index in [4.69, 9.17) is 13.9 Å². The first-order chi connectivity index (χ1) is 15.7. The van der Waals surface area contributed by atoms with E-state index in [0.717, 1.165) is 5.56 Å². The highest BCUT2D eigenvalue weighted by Crippen LogP contribution is 2.24. The van der Waals surface area contributed by atoms with Crippen molar-refractivity contribution in [1.29, 1.82) is 0 Å². The summed E-state index contributed by atoms with van der Waals surface area (Å²) in [5, 5.41) is 0. The zero-order chi connectivity index (χ0) is 23.6. The summed E-state index contributed by atoms with van der Waals surface area (Å²) in [6.45, 7) is 5.85. The predicted molar refractivity (Wildman–Crippen MR) is 121 cm³/mol. The second kappa shape index (κ2) is 9.46. The van der Waals surface area contributed by atoms with Crippen molar-refractivity contribution >= 4 is 16.0 Å². The molecule has 1 aliphatic rings. The topological polar surface area (TPSA) is 98.9 Å². The highest BCUT2D eigenvalue weighted by molar-refractivity contribution is 7.89. The van der Waals surface area contributed by atoms with Crippen LogP contribution in [-0.2, 0) is 26.1 Å². The Morgan fingerprint density at radius 2 is 1.79 bits per heavy atom. The van der Waals surface area contributed by atoms with Crippen molar-refractivity contribution in [2.75, 3.05) is 13.1 Å². The van der Waals surface area contributed by atoms with Crippen molar-refractivity contribution in [2.45, 2.75) is 44.5 Å². The summed E-state index contributed by atoms with van der Waals surface area (Å²) in [7, 11) is -3.77. The van der Waals surface area contributed by atoms with Gasteiger partial charge in [-0.1, -0.05) is 24.3 Å². The van der Waals surface area contributed by atoms with Gasteiger partial charge in [-0.05, 0) is 51.1 Å². The summed E-state index contributed by atoms with van der Waals surface area (Å²) < 4.78 is 44.3. The van der Waals surface area contributed by atoms with Crippen molar-refractivity contribution < 1.29 is 27.1 Å². The molecule has 0 aliphatic carbocycles. The van der Waals surface area contributed by atoms with Crippen LogP contribution in [0, 0.1) is 6.92 Å². The molecule has 33 heavy (non-hydrogen) atoms. The van der Waals surface area contributed by atoms with E-state index >= 15 is 0 Å². The minimum absolute atomic E-state index is 0.0437. The van der Waals surface area contributed by atoms with Crippen molar-refractivity contribution in [1.82, 2.24) is 9.29 Å². The molecule has 8 nitrogen and oxygen atoms in total. The number of carbonyl (C=O) groups is 1. The zero-order valence-electron chi connectivity index (χ0n) is 18.7. The van der Waals surface area contributed by atoms with Gasteiger partial charge in [-0.3, -0.25) is 0 Å². The van der Waals surface area contributed by atoms with Gasteiger partial charge in [-0.2, -0.15) is 4.31 Å². The average molecular weight is 471 g/mol. The highest BCUT2D eigenvalue weighted by atomic mass is 32.2. The van der Waals surface area contributed by atoms with Gasteiger partial charge in [0, 0.05) is 18.7 Å². The Balaban J connectivity index is 1.47. The van der Waals surface area contributed by atoms with Gasteiger partial charge in [0.25, 0.3) is 0 Å². The highest BCUT2D eigenvalue weighted by Gasteiger charge is 2.32. The molecule has 1 aliphatic heterocycles. The molecule has 2 atom stereocenters. The number of oxazole rings is 1. The molecular formula is C24H26N2O6S. The minimum atomic E-state index is -3.77. The van der Waals surface area contributed by atoms with Crippen LogP contribution in [0.4, 0.5) is 0 Å². The number of morpholine rings is 1. The molecule has 4 rings (SSSR count). The van der Waals surface area contributed by atoms with Crippen LogP contribution in [0.1, 0.15) is 35.7 Å². The van der Waals surface area contributed by atoms with Gasteiger partial charge in [0.15, 0.2) is 0 Å². The van der Waals surface area contributed by atoms with E-state index < -0.39 is 16.0 Å². The third-order valence-corrected chi connectivity index (χ3v) is 7.17. The molecule has 1 fully saturated rings. The van der Waals surface area contributed by atoms with E-state index in [0.29, 0.717) is 17.3 Å². The smallest absolute Gasteiger partial charge is 0.338 e. The van der Waals surface area contributed by atoms with Gasteiger partial charge in [0.1, 0.15) is 18.1 Å². The molecule has 1 aromatic heterocycles. The lowest BCUT2D eigenvalue weighted by Gasteiger charge is -2.34. The maximum absolute atomic E-state index is 13.1. The number of sulfonamides is 1. The lowest BCUT2D eigenvalue weighted by molar-refractivity contribution is -0.0440. The van der Waals surface area contributed by atoms with Crippen LogP contribution in [0.2, 0.25) is 0 Å². The van der Waals surface area contributed by atoms with Crippen molar-refractivity contribution in [3.05, 3.63) is 71.6 Å². The third-order valence-electron chi connectivity index (χ3n) is 5.35. The fourth-order valence-electron chi connectivity index (χ4n) is 3.74. The fourth-order valence-corrected chi connectivity index (χ4v) is 5.38. The zero-order valence-corrected chi connectivity index (χ0v) is 19.5. The lowest BCUT2D eigenvalue weighted by atomic mass is 10.2. The second-order valence-corrected chi connectivity index (χ2v) is 10.0. The molecule has 2 unspecified atom stereocenters. The molecule has 1 saturated heterocycles. The quantitative estimate of drug-likeness (QED) is 0.505. The number of ether oxygens (including phenoxy) is 2. The van der Waals surface area contributed by atoms with Crippen LogP contribution in [0.3, 0.4) is 0 Å². The molecule has 0 saturated carbocycles. The largest absolute Gasteiger partial charge is 0.455 e. The van der Waals surface area contributed by atoms with Crippen LogP contribution in [0.5, 0.6) is 0 Å². The van der Waals surface area contributed by atoms with Crippen LogP contribution in [-0.4, -0.2) is 49.0 Å². The van der Waals surface area contributed by atoms with E-state index in [1.54, 1.807) is 6.92 Å². The Bertz CT molecular complexity index is 1230. The molecule has 9 heteroatoms. The molecular weight excluding hydrogens is 444 g/mol. The SMILES string of the molecule is Cc1oc(-c2ccccc2)nc1COC(=O)c1cccc(S(=O)(=O)N2CC(C)OC(C)C2)c1. The maximum Gasteiger partial charge on any atom is 0.338 e. The van der Waals surface area contributed by atoms with Gasteiger partial charge in [0.05, 0.1) is 22.7 Å². The summed E-state index contributed by atoms with van der Waals surface area (Å²) in [6, 6.07) is 15.3. The first kappa shape index (κ1) is 23.2. The fraction of sp³-hybridized carbons (Fsp3) is 0.333. The van der Waals surface area contributed by atoms with Gasteiger partial charge in [-0.25, -0.2) is 18.2 Å². The number of carbonyl (C=O) groups excluding carboxylic acids is 1. The molecule has 0 radical (unpaired) electrons. The van der Waals surface area contributed by atoms with Gasteiger partial charge < -0.3 is 13.9 Å². The summed E-state index contributed by atoms with van der Waals surface area (Å²) >= 11 is 0. The first-order valence-corrected chi connectivity index (χ1v) is 12.1. The number of aromatic nitrogens is 1. The molecule has 3 aromatic rings. The van der Waals surface area contributed by atoms with Crippen LogP contribution in [0.25, 0.3) is 11.5 Å². The van der Waals surface area contributed by atoms with E-state index in [2.05, 4.69) is 4.98 Å². The Hall–Kier alpha value is -3.01. The normalized spacial score (nSPS) is 19.4. The van der Waals surface area contributed by atoms with Crippen molar-refractivity contribution in [2.24, 2.45) is 0 Å². The van der Waals surface area contributed by atoms with Crippen molar-refractivity contribution in [3.8, 4) is 11.5 Å². The Morgan fingerprint density at radius 3 is 2.48 bits per heavy atom. The molecule has 0 N–H and O–H groups in total. The van der Waals surface area contributed by atoms with Crippen LogP contribution >= 0.6 is 0 Å². The lowest BCUT2D eigenvalue weighted by Crippen LogP contribution is -2.48. The van der Waals surface area contributed by atoms with Gasteiger partial charge in [0.2, 0.25) is 15.9 Å². The standard InChI is InChI=1S/C24H26N2O6S/c1-16-13-26(14-17(2)31-16)33(28,29)21-11-7-10-20(12-21)24(27)30-15-22-18(3)32-23(25-22)19-8-5-4-6-9-19/h4-12,16-17H,13-15H2,1-3H3. The molecule has 174 valence electrons. The van der Waals surface area contributed by atoms with Crippen LogP contribution < -0.4 is 0 Å². The number of benzene rings is 2. The molecule has 2 heterocycles. The Labute approximate surface area is 193 Å². The minimum Gasteiger partial charge on any atom is -0.455 e. The number of aryl methyl sites for hydroxylation is 1. The predicted octanol–water partition coefficient (Wildman–Crippen LogP) is 3.80. The number of rotatable bonds is 6. The van der Waals surface area contributed by atoms with E-state index in [1.165, 1.54) is 28.6 Å².